The highest BCUT2D eigenvalue weighted by atomic mass is 15.3. The number of rotatable bonds is 1. The van der Waals surface area contributed by atoms with Crippen molar-refractivity contribution in [3.8, 4) is 11.4 Å². The van der Waals surface area contributed by atoms with Crippen molar-refractivity contribution in [2.75, 3.05) is 5.73 Å². The second-order valence-electron chi connectivity index (χ2n) is 2.87. The molecule has 13 heavy (non-hydrogen) atoms. The van der Waals surface area contributed by atoms with Crippen molar-refractivity contribution in [1.82, 2.24) is 15.2 Å². The van der Waals surface area contributed by atoms with Crippen LogP contribution in [0.4, 0.5) is 5.95 Å². The van der Waals surface area contributed by atoms with Crippen LogP contribution in [0.15, 0.2) is 24.3 Å². The van der Waals surface area contributed by atoms with Crippen LogP contribution < -0.4 is 5.73 Å². The Kier molecular flexibility index (Phi) is 1.73. The topological polar surface area (TPSA) is 67.6 Å². The average Bonchev–Trinajstić information content (AvgIpc) is 2.53. The standard InChI is InChI=1S/C9H10N4/c1-6-4-2-3-5-7(6)8-11-9(10)13-12-8/h2-5H,1H3,(H3,10,11,12,13). The Bertz CT molecular complexity index is 419. The summed E-state index contributed by atoms with van der Waals surface area (Å²) in [5.74, 6) is 1.06. The third-order valence-electron chi connectivity index (χ3n) is 1.90. The highest BCUT2D eigenvalue weighted by molar-refractivity contribution is 5.60. The van der Waals surface area contributed by atoms with Crippen molar-refractivity contribution in [3.63, 3.8) is 0 Å². The number of nitrogens with one attached hydrogen (secondary N) is 1. The summed E-state index contributed by atoms with van der Waals surface area (Å²) in [4.78, 5) is 2.89. The number of nitrogen functional groups attached to an aromatic ring is 1. The predicted molar refractivity (Wildman–Crippen MR) is 51.0 cm³/mol. The van der Waals surface area contributed by atoms with Gasteiger partial charge in [-0.25, -0.2) is 0 Å². The molecule has 0 saturated heterocycles. The van der Waals surface area contributed by atoms with Gasteiger partial charge in [0.05, 0.1) is 0 Å². The molecule has 0 aliphatic rings. The smallest absolute Gasteiger partial charge is 0.219 e. The van der Waals surface area contributed by atoms with Crippen LogP contribution in [0.2, 0.25) is 0 Å². The molecule has 1 aromatic heterocycles. The van der Waals surface area contributed by atoms with Gasteiger partial charge in [-0.3, -0.25) is 0 Å². The molecule has 3 N–H and O–H groups in total. The predicted octanol–water partition coefficient (Wildman–Crippen LogP) is 1.36. The summed E-state index contributed by atoms with van der Waals surface area (Å²) in [5.41, 5.74) is 7.62. The Hall–Kier alpha value is -1.84. The fourth-order valence-electron chi connectivity index (χ4n) is 1.23. The molecule has 1 aromatic carbocycles. The van der Waals surface area contributed by atoms with E-state index in [1.165, 1.54) is 0 Å². The minimum absolute atomic E-state index is 0.346. The van der Waals surface area contributed by atoms with E-state index in [4.69, 9.17) is 5.73 Å². The minimum Gasteiger partial charge on any atom is -0.368 e. The van der Waals surface area contributed by atoms with Gasteiger partial charge in [0.25, 0.3) is 0 Å². The van der Waals surface area contributed by atoms with Crippen molar-refractivity contribution >= 4 is 5.95 Å². The Labute approximate surface area is 75.8 Å². The van der Waals surface area contributed by atoms with E-state index in [-0.39, 0.29) is 0 Å². The molecule has 1 heterocycles. The molecule has 0 radical (unpaired) electrons. The summed E-state index contributed by atoms with van der Waals surface area (Å²) in [6.45, 7) is 2.02. The maximum atomic E-state index is 5.44. The number of hydrogen-bond donors (Lipinski definition) is 2. The maximum Gasteiger partial charge on any atom is 0.219 e. The van der Waals surface area contributed by atoms with Gasteiger partial charge in [0.2, 0.25) is 5.95 Å². The zero-order valence-electron chi connectivity index (χ0n) is 7.28. The summed E-state index contributed by atoms with van der Waals surface area (Å²) in [7, 11) is 0. The van der Waals surface area contributed by atoms with E-state index in [0.29, 0.717) is 5.95 Å². The SMILES string of the molecule is Cc1ccccc1-c1nnc(N)[nH]1. The van der Waals surface area contributed by atoms with Gasteiger partial charge in [0.15, 0.2) is 5.82 Å². The molecule has 0 amide bonds. The molecular formula is C9H10N4. The van der Waals surface area contributed by atoms with Crippen LogP contribution in [0.5, 0.6) is 0 Å². The normalized spacial score (nSPS) is 10.2. The third kappa shape index (κ3) is 1.38. The Morgan fingerprint density at radius 1 is 1.23 bits per heavy atom. The van der Waals surface area contributed by atoms with E-state index >= 15 is 0 Å². The Balaban J connectivity index is 2.52. The molecule has 0 atom stereocenters. The first kappa shape index (κ1) is 7.79. The van der Waals surface area contributed by atoms with Gasteiger partial charge in [0.1, 0.15) is 0 Å². The number of nitrogens with zero attached hydrogens (tertiary/aromatic N) is 2. The van der Waals surface area contributed by atoms with E-state index < -0.39 is 0 Å². The van der Waals surface area contributed by atoms with Gasteiger partial charge in [-0.05, 0) is 12.5 Å². The van der Waals surface area contributed by atoms with Gasteiger partial charge in [0, 0.05) is 5.56 Å². The zero-order valence-corrected chi connectivity index (χ0v) is 7.28. The van der Waals surface area contributed by atoms with Crippen LogP contribution in [0.3, 0.4) is 0 Å². The lowest BCUT2D eigenvalue weighted by Gasteiger charge is -1.99. The Morgan fingerprint density at radius 3 is 2.62 bits per heavy atom. The van der Waals surface area contributed by atoms with Gasteiger partial charge in [-0.1, -0.05) is 24.3 Å². The lowest BCUT2D eigenvalue weighted by molar-refractivity contribution is 1.10. The number of H-pyrrole nitrogens is 1. The molecule has 4 heteroatoms. The van der Waals surface area contributed by atoms with Gasteiger partial charge in [-0.2, -0.15) is 0 Å². The Morgan fingerprint density at radius 2 is 2.00 bits per heavy atom. The van der Waals surface area contributed by atoms with E-state index in [1.807, 2.05) is 31.2 Å². The van der Waals surface area contributed by atoms with E-state index in [9.17, 15) is 0 Å². The molecule has 0 aliphatic heterocycles. The number of anilines is 1. The van der Waals surface area contributed by atoms with Crippen LogP contribution in [0.1, 0.15) is 5.56 Å². The molecule has 0 fully saturated rings. The fraction of sp³-hybridized carbons (Fsp3) is 0.111. The van der Waals surface area contributed by atoms with Crippen LogP contribution in [-0.4, -0.2) is 15.2 Å². The number of benzene rings is 1. The summed E-state index contributed by atoms with van der Waals surface area (Å²) in [5, 5.41) is 7.62. The molecule has 2 rings (SSSR count). The van der Waals surface area contributed by atoms with Crippen LogP contribution in [0, 0.1) is 6.92 Å². The van der Waals surface area contributed by atoms with Gasteiger partial charge in [-0.15, -0.1) is 10.2 Å². The molecule has 66 valence electrons. The van der Waals surface area contributed by atoms with E-state index in [2.05, 4.69) is 15.2 Å². The fourth-order valence-corrected chi connectivity index (χ4v) is 1.23. The number of nitrogens with two attached hydrogens (primary N) is 1. The highest BCUT2D eigenvalue weighted by Gasteiger charge is 2.04. The second kappa shape index (κ2) is 2.90. The van der Waals surface area contributed by atoms with Crippen molar-refractivity contribution in [2.24, 2.45) is 0 Å². The zero-order chi connectivity index (χ0) is 9.26. The first-order valence-corrected chi connectivity index (χ1v) is 4.01. The van der Waals surface area contributed by atoms with E-state index in [1.54, 1.807) is 0 Å². The van der Waals surface area contributed by atoms with Crippen LogP contribution in [0.25, 0.3) is 11.4 Å². The van der Waals surface area contributed by atoms with Gasteiger partial charge >= 0.3 is 0 Å². The van der Waals surface area contributed by atoms with Crippen molar-refractivity contribution < 1.29 is 0 Å². The summed E-state index contributed by atoms with van der Waals surface area (Å²) < 4.78 is 0. The first-order chi connectivity index (χ1) is 6.27. The molecule has 0 saturated carbocycles. The average molecular weight is 174 g/mol. The number of aromatic amines is 1. The molecule has 0 spiro atoms. The maximum absolute atomic E-state index is 5.44. The molecule has 2 aromatic rings. The molecular weight excluding hydrogens is 164 g/mol. The summed E-state index contributed by atoms with van der Waals surface area (Å²) in [6.07, 6.45) is 0. The monoisotopic (exact) mass is 174 g/mol. The lowest BCUT2D eigenvalue weighted by atomic mass is 10.1. The quantitative estimate of drug-likeness (QED) is 0.686. The number of aromatic nitrogens is 3. The van der Waals surface area contributed by atoms with Crippen LogP contribution >= 0.6 is 0 Å². The van der Waals surface area contributed by atoms with Gasteiger partial charge < -0.3 is 10.7 Å². The van der Waals surface area contributed by atoms with Crippen molar-refractivity contribution in [3.05, 3.63) is 29.8 Å². The summed E-state index contributed by atoms with van der Waals surface area (Å²) >= 11 is 0. The summed E-state index contributed by atoms with van der Waals surface area (Å²) in [6, 6.07) is 7.95. The minimum atomic E-state index is 0.346. The lowest BCUT2D eigenvalue weighted by Crippen LogP contribution is -1.86. The van der Waals surface area contributed by atoms with Crippen LogP contribution in [-0.2, 0) is 0 Å². The number of aryl methyl sites for hydroxylation is 1. The van der Waals surface area contributed by atoms with Crippen molar-refractivity contribution in [2.45, 2.75) is 6.92 Å². The highest BCUT2D eigenvalue weighted by Crippen LogP contribution is 2.18. The molecule has 0 bridgehead atoms. The second-order valence-corrected chi connectivity index (χ2v) is 2.87. The molecule has 0 aliphatic carbocycles. The largest absolute Gasteiger partial charge is 0.368 e. The third-order valence-corrected chi connectivity index (χ3v) is 1.90. The first-order valence-electron chi connectivity index (χ1n) is 4.01. The molecule has 4 nitrogen and oxygen atoms in total. The van der Waals surface area contributed by atoms with Crippen molar-refractivity contribution in [1.29, 1.82) is 0 Å². The van der Waals surface area contributed by atoms with E-state index in [0.717, 1.165) is 17.0 Å². The molecule has 0 unspecified atom stereocenters. The number of hydrogen-bond acceptors (Lipinski definition) is 3.